The molecule has 7 heteroatoms. The Morgan fingerprint density at radius 1 is 1.24 bits per heavy atom. The molecule has 1 aromatic heterocycles. The first kappa shape index (κ1) is 14.4. The van der Waals surface area contributed by atoms with E-state index in [9.17, 15) is 19.1 Å². The number of pyridine rings is 1. The van der Waals surface area contributed by atoms with Crippen LogP contribution in [0.15, 0.2) is 30.6 Å². The van der Waals surface area contributed by atoms with Crippen LogP contribution in [0.5, 0.6) is 5.75 Å². The van der Waals surface area contributed by atoms with Crippen molar-refractivity contribution in [1.29, 1.82) is 0 Å². The van der Waals surface area contributed by atoms with Crippen LogP contribution in [0.25, 0.3) is 0 Å². The molecule has 0 aliphatic heterocycles. The van der Waals surface area contributed by atoms with Gasteiger partial charge in [-0.15, -0.1) is 0 Å². The minimum absolute atomic E-state index is 0.0533. The van der Waals surface area contributed by atoms with Crippen LogP contribution < -0.4 is 11.1 Å². The van der Waals surface area contributed by atoms with Crippen LogP contribution in [0, 0.1) is 12.7 Å². The molecule has 0 saturated heterocycles. The second kappa shape index (κ2) is 5.58. The summed E-state index contributed by atoms with van der Waals surface area (Å²) in [5.41, 5.74) is 5.44. The van der Waals surface area contributed by atoms with Crippen molar-refractivity contribution in [3.63, 3.8) is 0 Å². The first-order chi connectivity index (χ1) is 9.88. The van der Waals surface area contributed by atoms with Crippen molar-refractivity contribution in [2.75, 3.05) is 5.32 Å². The average molecular weight is 289 g/mol. The highest BCUT2D eigenvalue weighted by Gasteiger charge is 2.14. The van der Waals surface area contributed by atoms with Crippen molar-refractivity contribution in [1.82, 2.24) is 4.98 Å². The molecular weight excluding hydrogens is 277 g/mol. The molecule has 2 aromatic rings. The van der Waals surface area contributed by atoms with Crippen molar-refractivity contribution in [2.24, 2.45) is 5.73 Å². The molecule has 0 atom stereocenters. The number of carbonyl (C=O) groups is 2. The smallest absolute Gasteiger partial charge is 0.257 e. The van der Waals surface area contributed by atoms with Gasteiger partial charge < -0.3 is 16.2 Å². The predicted octanol–water partition coefficient (Wildman–Crippen LogP) is 1.59. The average Bonchev–Trinajstić information content (AvgIpc) is 2.43. The third kappa shape index (κ3) is 3.14. The van der Waals surface area contributed by atoms with Gasteiger partial charge in [-0.1, -0.05) is 0 Å². The molecular formula is C14H12FN3O3. The van der Waals surface area contributed by atoms with E-state index >= 15 is 0 Å². The highest BCUT2D eigenvalue weighted by Crippen LogP contribution is 2.21. The lowest BCUT2D eigenvalue weighted by atomic mass is 10.1. The summed E-state index contributed by atoms with van der Waals surface area (Å²) >= 11 is 0. The van der Waals surface area contributed by atoms with Gasteiger partial charge >= 0.3 is 0 Å². The summed E-state index contributed by atoms with van der Waals surface area (Å²) in [6.45, 7) is 1.45. The first-order valence-corrected chi connectivity index (χ1v) is 5.94. The maximum Gasteiger partial charge on any atom is 0.257 e. The Hall–Kier alpha value is -2.96. The number of hydrogen-bond acceptors (Lipinski definition) is 4. The zero-order valence-electron chi connectivity index (χ0n) is 11.1. The summed E-state index contributed by atoms with van der Waals surface area (Å²) < 4.78 is 13.7. The summed E-state index contributed by atoms with van der Waals surface area (Å²) in [6.07, 6.45) is 2.42. The lowest BCUT2D eigenvalue weighted by Gasteiger charge is -2.10. The zero-order valence-corrected chi connectivity index (χ0v) is 11.1. The predicted molar refractivity (Wildman–Crippen MR) is 73.5 cm³/mol. The van der Waals surface area contributed by atoms with Crippen LogP contribution in [0.4, 0.5) is 10.1 Å². The molecule has 2 amide bonds. The summed E-state index contributed by atoms with van der Waals surface area (Å²) in [5, 5.41) is 11.7. The van der Waals surface area contributed by atoms with Crippen molar-refractivity contribution in [3.05, 3.63) is 53.1 Å². The number of amides is 2. The maximum absolute atomic E-state index is 13.7. The molecule has 0 spiro atoms. The Morgan fingerprint density at radius 2 is 1.95 bits per heavy atom. The molecule has 0 unspecified atom stereocenters. The zero-order chi connectivity index (χ0) is 15.6. The quantitative estimate of drug-likeness (QED) is 0.797. The Bertz CT molecular complexity index is 731. The van der Waals surface area contributed by atoms with E-state index in [0.717, 1.165) is 6.07 Å². The van der Waals surface area contributed by atoms with Gasteiger partial charge in [-0.3, -0.25) is 14.6 Å². The van der Waals surface area contributed by atoms with Gasteiger partial charge in [0, 0.05) is 23.0 Å². The minimum atomic E-state index is -0.802. The van der Waals surface area contributed by atoms with E-state index in [4.69, 9.17) is 5.73 Å². The Kier molecular flexibility index (Phi) is 3.84. The Labute approximate surface area is 119 Å². The lowest BCUT2D eigenvalue weighted by Crippen LogP contribution is -2.16. The number of rotatable bonds is 3. The molecule has 2 rings (SSSR count). The molecule has 0 fully saturated rings. The van der Waals surface area contributed by atoms with Gasteiger partial charge in [0.15, 0.2) is 0 Å². The summed E-state index contributed by atoms with van der Waals surface area (Å²) in [4.78, 5) is 26.8. The molecule has 1 aromatic carbocycles. The van der Waals surface area contributed by atoms with Crippen molar-refractivity contribution in [2.45, 2.75) is 6.92 Å². The minimum Gasteiger partial charge on any atom is -0.506 e. The van der Waals surface area contributed by atoms with Crippen LogP contribution in [0.3, 0.4) is 0 Å². The molecule has 1 heterocycles. The number of nitrogens with zero attached hydrogens (tertiary/aromatic N) is 1. The van der Waals surface area contributed by atoms with E-state index in [2.05, 4.69) is 10.3 Å². The van der Waals surface area contributed by atoms with Gasteiger partial charge in [0.2, 0.25) is 5.91 Å². The lowest BCUT2D eigenvalue weighted by molar-refractivity contribution is 0.0995. The van der Waals surface area contributed by atoms with E-state index in [1.165, 1.54) is 31.5 Å². The van der Waals surface area contributed by atoms with Gasteiger partial charge in [0.1, 0.15) is 11.6 Å². The third-order valence-corrected chi connectivity index (χ3v) is 2.86. The third-order valence-electron chi connectivity index (χ3n) is 2.86. The van der Waals surface area contributed by atoms with Crippen molar-refractivity contribution in [3.8, 4) is 5.75 Å². The monoisotopic (exact) mass is 289 g/mol. The summed E-state index contributed by atoms with van der Waals surface area (Å²) in [5.74, 6) is -2.22. The van der Waals surface area contributed by atoms with Gasteiger partial charge in [-0.2, -0.15) is 0 Å². The highest BCUT2D eigenvalue weighted by atomic mass is 19.1. The second-order valence-electron chi connectivity index (χ2n) is 4.38. The number of hydrogen-bond donors (Lipinski definition) is 3. The molecule has 0 aliphatic rings. The van der Waals surface area contributed by atoms with E-state index in [0.29, 0.717) is 0 Å². The van der Waals surface area contributed by atoms with Crippen LogP contribution in [0.1, 0.15) is 26.3 Å². The van der Waals surface area contributed by atoms with Crippen LogP contribution in [0.2, 0.25) is 0 Å². The number of nitrogens with two attached hydrogens (primary N) is 1. The molecule has 0 saturated carbocycles. The highest BCUT2D eigenvalue weighted by molar-refractivity contribution is 6.05. The fourth-order valence-electron chi connectivity index (χ4n) is 1.70. The fourth-order valence-corrected chi connectivity index (χ4v) is 1.70. The second-order valence-corrected chi connectivity index (χ2v) is 4.38. The normalized spacial score (nSPS) is 10.2. The van der Waals surface area contributed by atoms with E-state index < -0.39 is 17.6 Å². The number of aromatic hydroxyl groups is 1. The fraction of sp³-hybridized carbons (Fsp3) is 0.0714. The number of halogens is 1. The molecule has 21 heavy (non-hydrogen) atoms. The van der Waals surface area contributed by atoms with E-state index in [-0.39, 0.29) is 28.1 Å². The van der Waals surface area contributed by atoms with E-state index in [1.54, 1.807) is 0 Å². The molecule has 0 radical (unpaired) electrons. The largest absolute Gasteiger partial charge is 0.506 e. The molecule has 0 bridgehead atoms. The van der Waals surface area contributed by atoms with Crippen molar-refractivity contribution >= 4 is 17.5 Å². The molecule has 6 nitrogen and oxygen atoms in total. The number of carbonyl (C=O) groups excluding carboxylic acids is 2. The standard InChI is InChI=1S/C14H12FN3O3/c1-7-11(15)3-8(13(16)20)4-12(7)18-14(21)9-2-10(19)6-17-5-9/h2-6,19H,1H3,(H2,16,20)(H,18,21). The van der Waals surface area contributed by atoms with E-state index in [1.807, 2.05) is 0 Å². The molecule has 108 valence electrons. The molecule has 4 N–H and O–H groups in total. The van der Waals surface area contributed by atoms with Gasteiger partial charge in [0.25, 0.3) is 5.91 Å². The Balaban J connectivity index is 2.35. The topological polar surface area (TPSA) is 105 Å². The van der Waals surface area contributed by atoms with Crippen LogP contribution in [-0.4, -0.2) is 21.9 Å². The SMILES string of the molecule is Cc1c(F)cc(C(N)=O)cc1NC(=O)c1cncc(O)c1. The number of benzene rings is 1. The van der Waals surface area contributed by atoms with Crippen LogP contribution >= 0.6 is 0 Å². The first-order valence-electron chi connectivity index (χ1n) is 5.94. The Morgan fingerprint density at radius 3 is 2.57 bits per heavy atom. The number of primary amides is 1. The van der Waals surface area contributed by atoms with Crippen molar-refractivity contribution < 1.29 is 19.1 Å². The van der Waals surface area contributed by atoms with Crippen LogP contribution in [-0.2, 0) is 0 Å². The number of anilines is 1. The van der Waals surface area contributed by atoms with Gasteiger partial charge in [-0.25, -0.2) is 4.39 Å². The maximum atomic E-state index is 13.7. The summed E-state index contributed by atoms with van der Waals surface area (Å²) in [6, 6.07) is 3.50. The van der Waals surface area contributed by atoms with Gasteiger partial charge in [0.05, 0.1) is 11.8 Å². The van der Waals surface area contributed by atoms with Gasteiger partial charge in [-0.05, 0) is 25.1 Å². The molecule has 0 aliphatic carbocycles. The number of aromatic nitrogens is 1. The number of nitrogens with one attached hydrogen (secondary N) is 1. The summed E-state index contributed by atoms with van der Waals surface area (Å²) in [7, 11) is 0.